The fourth-order valence-electron chi connectivity index (χ4n) is 1.90. The second-order valence-electron chi connectivity index (χ2n) is 4.01. The van der Waals surface area contributed by atoms with Gasteiger partial charge in [-0.3, -0.25) is 4.79 Å². The molecule has 1 amide bonds. The van der Waals surface area contributed by atoms with E-state index in [0.717, 1.165) is 0 Å². The molecule has 0 bridgehead atoms. The highest BCUT2D eigenvalue weighted by Gasteiger charge is 2.33. The van der Waals surface area contributed by atoms with Gasteiger partial charge in [0, 0.05) is 19.5 Å². The lowest BCUT2D eigenvalue weighted by Gasteiger charge is -2.40. The van der Waals surface area contributed by atoms with E-state index in [9.17, 15) is 9.90 Å². The van der Waals surface area contributed by atoms with Crippen molar-refractivity contribution in [3.8, 4) is 0 Å². The monoisotopic (exact) mass is 171 g/mol. The summed E-state index contributed by atoms with van der Waals surface area (Å²) in [6.07, 6.45) is 1.38. The number of rotatable bonds is 0. The molecule has 1 N–H and O–H groups in total. The van der Waals surface area contributed by atoms with Crippen molar-refractivity contribution >= 4 is 5.91 Å². The van der Waals surface area contributed by atoms with Gasteiger partial charge in [-0.05, 0) is 26.7 Å². The molecule has 2 atom stereocenters. The topological polar surface area (TPSA) is 40.5 Å². The average Bonchev–Trinajstić information content (AvgIpc) is 1.83. The van der Waals surface area contributed by atoms with E-state index in [-0.39, 0.29) is 11.9 Å². The number of nitrogens with zero attached hydrogens (tertiary/aromatic N) is 1. The first-order valence-electron chi connectivity index (χ1n) is 4.42. The Morgan fingerprint density at radius 1 is 1.67 bits per heavy atom. The zero-order valence-corrected chi connectivity index (χ0v) is 8.00. The van der Waals surface area contributed by atoms with E-state index in [4.69, 9.17) is 0 Å². The Bertz CT molecular complexity index is 189. The average molecular weight is 171 g/mol. The van der Waals surface area contributed by atoms with Gasteiger partial charge in [0.15, 0.2) is 0 Å². The Balaban J connectivity index is 2.60. The molecule has 2 unspecified atom stereocenters. The molecular formula is C9H17NO2. The molecule has 70 valence electrons. The highest BCUT2D eigenvalue weighted by molar-refractivity contribution is 5.73. The molecule has 0 aliphatic carbocycles. The molecule has 0 aromatic heterocycles. The summed E-state index contributed by atoms with van der Waals surface area (Å²) in [5, 5.41) is 9.71. The summed E-state index contributed by atoms with van der Waals surface area (Å²) < 4.78 is 0. The Labute approximate surface area is 73.4 Å². The number of likely N-dealkylation sites (tertiary alicyclic amines) is 1. The molecule has 3 heteroatoms. The van der Waals surface area contributed by atoms with Crippen molar-refractivity contribution in [2.45, 2.75) is 45.3 Å². The second kappa shape index (κ2) is 3.05. The molecule has 1 heterocycles. The first-order valence-corrected chi connectivity index (χ1v) is 4.42. The predicted molar refractivity (Wildman–Crippen MR) is 46.7 cm³/mol. The maximum absolute atomic E-state index is 11.1. The number of hydrogen-bond donors (Lipinski definition) is 1. The summed E-state index contributed by atoms with van der Waals surface area (Å²) in [5.41, 5.74) is -0.578. The fourth-order valence-corrected chi connectivity index (χ4v) is 1.90. The van der Waals surface area contributed by atoms with E-state index < -0.39 is 5.60 Å². The number of amides is 1. The van der Waals surface area contributed by atoms with Crippen molar-refractivity contribution in [2.75, 3.05) is 6.54 Å². The van der Waals surface area contributed by atoms with Crippen molar-refractivity contribution in [3.05, 3.63) is 0 Å². The van der Waals surface area contributed by atoms with Crippen molar-refractivity contribution < 1.29 is 9.90 Å². The standard InChI is InChI=1S/C9H17NO2/c1-7-6-9(3,12)4-5-10(7)8(2)11/h7,12H,4-6H2,1-3H3. The minimum Gasteiger partial charge on any atom is -0.390 e. The Morgan fingerprint density at radius 2 is 2.25 bits per heavy atom. The van der Waals surface area contributed by atoms with Crippen LogP contribution in [0.3, 0.4) is 0 Å². The van der Waals surface area contributed by atoms with Gasteiger partial charge in [-0.15, -0.1) is 0 Å². The SMILES string of the molecule is CC(=O)N1CCC(C)(O)CC1C. The molecule has 0 saturated carbocycles. The third-order valence-electron chi connectivity index (χ3n) is 2.56. The molecule has 0 aromatic rings. The highest BCUT2D eigenvalue weighted by atomic mass is 16.3. The van der Waals surface area contributed by atoms with Crippen molar-refractivity contribution in [2.24, 2.45) is 0 Å². The van der Waals surface area contributed by atoms with Crippen LogP contribution in [0.1, 0.15) is 33.6 Å². The van der Waals surface area contributed by atoms with Gasteiger partial charge < -0.3 is 10.0 Å². The lowest BCUT2D eigenvalue weighted by Crippen LogP contribution is -2.49. The Morgan fingerprint density at radius 3 is 2.67 bits per heavy atom. The minimum atomic E-state index is -0.578. The van der Waals surface area contributed by atoms with E-state index in [2.05, 4.69) is 0 Å². The summed E-state index contributed by atoms with van der Waals surface area (Å²) in [7, 11) is 0. The van der Waals surface area contributed by atoms with Crippen LogP contribution in [0, 0.1) is 0 Å². The smallest absolute Gasteiger partial charge is 0.219 e. The van der Waals surface area contributed by atoms with Gasteiger partial charge in [-0.25, -0.2) is 0 Å². The number of aliphatic hydroxyl groups is 1. The Hall–Kier alpha value is -0.570. The van der Waals surface area contributed by atoms with Crippen LogP contribution in [0.4, 0.5) is 0 Å². The molecule has 1 aliphatic rings. The van der Waals surface area contributed by atoms with Crippen LogP contribution in [-0.4, -0.2) is 34.1 Å². The summed E-state index contributed by atoms with van der Waals surface area (Å²) >= 11 is 0. The summed E-state index contributed by atoms with van der Waals surface area (Å²) in [6, 6.07) is 0.172. The molecular weight excluding hydrogens is 154 g/mol. The third kappa shape index (κ3) is 1.97. The van der Waals surface area contributed by atoms with Crippen LogP contribution in [-0.2, 0) is 4.79 Å². The third-order valence-corrected chi connectivity index (χ3v) is 2.56. The molecule has 1 saturated heterocycles. The maximum atomic E-state index is 11.1. The van der Waals surface area contributed by atoms with Gasteiger partial charge in [-0.2, -0.15) is 0 Å². The van der Waals surface area contributed by atoms with E-state index in [1.807, 2.05) is 18.7 Å². The number of carbonyl (C=O) groups is 1. The van der Waals surface area contributed by atoms with E-state index >= 15 is 0 Å². The molecule has 0 aromatic carbocycles. The molecule has 0 radical (unpaired) electrons. The largest absolute Gasteiger partial charge is 0.390 e. The van der Waals surface area contributed by atoms with Crippen molar-refractivity contribution in [1.82, 2.24) is 4.90 Å². The molecule has 12 heavy (non-hydrogen) atoms. The number of piperidine rings is 1. The molecule has 0 spiro atoms. The quantitative estimate of drug-likeness (QED) is 0.584. The summed E-state index contributed by atoms with van der Waals surface area (Å²) in [6.45, 7) is 6.08. The molecule has 1 rings (SSSR count). The van der Waals surface area contributed by atoms with Crippen LogP contribution >= 0.6 is 0 Å². The van der Waals surface area contributed by atoms with Crippen LogP contribution in [0.5, 0.6) is 0 Å². The first-order chi connectivity index (χ1) is 5.42. The molecule has 1 aliphatic heterocycles. The lowest BCUT2D eigenvalue weighted by atomic mass is 9.89. The van der Waals surface area contributed by atoms with Crippen molar-refractivity contribution in [3.63, 3.8) is 0 Å². The van der Waals surface area contributed by atoms with Crippen molar-refractivity contribution in [1.29, 1.82) is 0 Å². The van der Waals surface area contributed by atoms with Gasteiger partial charge in [0.25, 0.3) is 0 Å². The van der Waals surface area contributed by atoms with Crippen LogP contribution in [0.25, 0.3) is 0 Å². The highest BCUT2D eigenvalue weighted by Crippen LogP contribution is 2.25. The summed E-state index contributed by atoms with van der Waals surface area (Å²) in [4.78, 5) is 12.9. The van der Waals surface area contributed by atoms with Gasteiger partial charge in [0.1, 0.15) is 0 Å². The zero-order chi connectivity index (χ0) is 9.35. The van der Waals surface area contributed by atoms with Gasteiger partial charge in [-0.1, -0.05) is 0 Å². The first kappa shape index (κ1) is 9.52. The van der Waals surface area contributed by atoms with E-state index in [1.54, 1.807) is 6.92 Å². The molecule has 3 nitrogen and oxygen atoms in total. The van der Waals surface area contributed by atoms with E-state index in [1.165, 1.54) is 0 Å². The van der Waals surface area contributed by atoms with Crippen LogP contribution in [0.2, 0.25) is 0 Å². The van der Waals surface area contributed by atoms with Gasteiger partial charge >= 0.3 is 0 Å². The predicted octanol–water partition coefficient (Wildman–Crippen LogP) is 0.768. The normalized spacial score (nSPS) is 36.7. The number of carbonyl (C=O) groups excluding carboxylic acids is 1. The van der Waals surface area contributed by atoms with Gasteiger partial charge in [0.2, 0.25) is 5.91 Å². The second-order valence-corrected chi connectivity index (χ2v) is 4.01. The zero-order valence-electron chi connectivity index (χ0n) is 8.00. The minimum absolute atomic E-state index is 0.109. The Kier molecular flexibility index (Phi) is 2.42. The maximum Gasteiger partial charge on any atom is 0.219 e. The lowest BCUT2D eigenvalue weighted by molar-refractivity contribution is -0.136. The number of hydrogen-bond acceptors (Lipinski definition) is 2. The molecule has 1 fully saturated rings. The van der Waals surface area contributed by atoms with Crippen LogP contribution in [0.15, 0.2) is 0 Å². The fraction of sp³-hybridized carbons (Fsp3) is 0.889. The van der Waals surface area contributed by atoms with Gasteiger partial charge in [0.05, 0.1) is 5.60 Å². The van der Waals surface area contributed by atoms with Crippen LogP contribution < -0.4 is 0 Å². The summed E-state index contributed by atoms with van der Waals surface area (Å²) in [5.74, 6) is 0.109. The van der Waals surface area contributed by atoms with E-state index in [0.29, 0.717) is 19.4 Å².